The molecule has 0 aromatic heterocycles. The largest absolute Gasteiger partial charge is 0.490 e. The van der Waals surface area contributed by atoms with Crippen LogP contribution in [0.2, 0.25) is 5.02 Å². The van der Waals surface area contributed by atoms with Gasteiger partial charge in [0.1, 0.15) is 24.1 Å². The first-order valence-corrected chi connectivity index (χ1v) is 13.9. The fourth-order valence-electron chi connectivity index (χ4n) is 5.77. The summed E-state index contributed by atoms with van der Waals surface area (Å²) < 4.78 is 40.7. The number of halogens is 3. The number of hydrogen-bond acceptors (Lipinski definition) is 5. The Morgan fingerprint density at radius 2 is 1.79 bits per heavy atom. The molecule has 2 amide bonds. The summed E-state index contributed by atoms with van der Waals surface area (Å²) in [6.45, 7) is 15.8. The molecule has 3 aliphatic rings. The molecule has 0 unspecified atom stereocenters. The Hall–Kier alpha value is -3.76. The normalized spacial score (nSPS) is 21.3. The molecule has 42 heavy (non-hydrogen) atoms. The summed E-state index contributed by atoms with van der Waals surface area (Å²) in [6.07, 6.45) is 2.02. The van der Waals surface area contributed by atoms with Gasteiger partial charge < -0.3 is 24.2 Å². The van der Waals surface area contributed by atoms with E-state index in [-0.39, 0.29) is 46.5 Å². The second-order valence-corrected chi connectivity index (χ2v) is 11.1. The summed E-state index contributed by atoms with van der Waals surface area (Å²) in [7, 11) is 1.64. The minimum absolute atomic E-state index is 0.0504. The summed E-state index contributed by atoms with van der Waals surface area (Å²) >= 11 is 6.85. The van der Waals surface area contributed by atoms with Gasteiger partial charge in [0.25, 0.3) is 0 Å². The Morgan fingerprint density at radius 1 is 1.12 bits per heavy atom. The van der Waals surface area contributed by atoms with Gasteiger partial charge in [0, 0.05) is 61.5 Å². The lowest BCUT2D eigenvalue weighted by atomic mass is 9.86. The van der Waals surface area contributed by atoms with E-state index in [1.54, 1.807) is 18.0 Å². The number of benzene rings is 2. The zero-order valence-corrected chi connectivity index (χ0v) is 24.8. The lowest BCUT2D eigenvalue weighted by molar-refractivity contribution is -0.130. The zero-order valence-electron chi connectivity index (χ0n) is 24.0. The van der Waals surface area contributed by atoms with E-state index in [1.807, 2.05) is 13.8 Å². The van der Waals surface area contributed by atoms with Gasteiger partial charge in [-0.05, 0) is 38.1 Å². The van der Waals surface area contributed by atoms with Crippen molar-refractivity contribution in [3.05, 3.63) is 72.3 Å². The molecule has 2 aromatic carbocycles. The maximum Gasteiger partial charge on any atom is 0.246 e. The molecule has 2 atom stereocenters. The Morgan fingerprint density at radius 3 is 2.36 bits per heavy atom. The summed E-state index contributed by atoms with van der Waals surface area (Å²) in [5, 5.41) is 0.160. The van der Waals surface area contributed by atoms with Crippen molar-refractivity contribution >= 4 is 35.4 Å². The molecule has 2 aromatic rings. The molecule has 0 bridgehead atoms. The van der Waals surface area contributed by atoms with Gasteiger partial charge in [-0.3, -0.25) is 14.6 Å². The number of fused-ring (bicyclic) bond motifs is 1. The molecule has 0 saturated carbocycles. The van der Waals surface area contributed by atoms with Crippen LogP contribution in [0.5, 0.6) is 5.75 Å². The molecule has 0 radical (unpaired) electrons. The van der Waals surface area contributed by atoms with Crippen LogP contribution < -0.4 is 9.64 Å². The van der Waals surface area contributed by atoms with Crippen molar-refractivity contribution < 1.29 is 27.8 Å². The minimum atomic E-state index is -0.807. The van der Waals surface area contributed by atoms with Crippen molar-refractivity contribution in [2.24, 2.45) is 10.4 Å². The van der Waals surface area contributed by atoms with Gasteiger partial charge in [0.15, 0.2) is 5.75 Å². The third-order valence-corrected chi connectivity index (χ3v) is 8.13. The highest BCUT2D eigenvalue weighted by Crippen LogP contribution is 2.50. The Bertz CT molecular complexity index is 1410. The van der Waals surface area contributed by atoms with Crippen LogP contribution in [0.15, 0.2) is 55.1 Å². The van der Waals surface area contributed by atoms with Crippen molar-refractivity contribution in [1.82, 2.24) is 9.80 Å². The van der Waals surface area contributed by atoms with Crippen LogP contribution in [-0.4, -0.2) is 86.5 Å². The molecule has 1 spiro atoms. The maximum absolute atomic E-state index is 15.1. The number of carbonyl (C=O) groups excluding carboxylic acids is 2. The van der Waals surface area contributed by atoms with Crippen molar-refractivity contribution in [2.75, 3.05) is 51.4 Å². The molecule has 3 heterocycles. The number of amidine groups is 1. The van der Waals surface area contributed by atoms with E-state index in [0.717, 1.165) is 18.5 Å². The van der Waals surface area contributed by atoms with E-state index in [4.69, 9.17) is 21.1 Å². The van der Waals surface area contributed by atoms with Gasteiger partial charge in [0.2, 0.25) is 12.3 Å². The molecule has 2 fully saturated rings. The van der Waals surface area contributed by atoms with Crippen LogP contribution in [-0.2, 0) is 14.3 Å². The molecular formula is C31H35ClF2N4O4. The van der Waals surface area contributed by atoms with Gasteiger partial charge in [-0.15, -0.1) is 13.2 Å². The molecular weight excluding hydrogens is 566 g/mol. The Kier molecular flexibility index (Phi) is 9.37. The van der Waals surface area contributed by atoms with Gasteiger partial charge in [-0.1, -0.05) is 18.2 Å². The van der Waals surface area contributed by atoms with E-state index >= 15 is 4.39 Å². The van der Waals surface area contributed by atoms with Gasteiger partial charge >= 0.3 is 0 Å². The molecule has 0 aliphatic carbocycles. The first-order chi connectivity index (χ1) is 20.1. The summed E-state index contributed by atoms with van der Waals surface area (Å²) in [5.41, 5.74) is 0.756. The molecule has 0 N–H and O–H groups in total. The van der Waals surface area contributed by atoms with Crippen LogP contribution in [0.3, 0.4) is 0 Å². The van der Waals surface area contributed by atoms with Crippen LogP contribution in [0, 0.1) is 17.0 Å². The second-order valence-electron chi connectivity index (χ2n) is 10.7. The minimum Gasteiger partial charge on any atom is -0.490 e. The highest BCUT2D eigenvalue weighted by atomic mass is 35.5. The summed E-state index contributed by atoms with van der Waals surface area (Å²) in [6, 6.07) is 4.61. The second kappa shape index (κ2) is 12.6. The first-order valence-electron chi connectivity index (χ1n) is 13.5. The van der Waals surface area contributed by atoms with Crippen LogP contribution in [0.1, 0.15) is 19.4 Å². The maximum atomic E-state index is 15.1. The van der Waals surface area contributed by atoms with Gasteiger partial charge in [-0.25, -0.2) is 8.78 Å². The van der Waals surface area contributed by atoms with E-state index in [0.29, 0.717) is 49.9 Å². The zero-order chi connectivity index (χ0) is 30.8. The van der Waals surface area contributed by atoms with E-state index in [1.165, 1.54) is 17.0 Å². The SMILES string of the molecule is C=C.C=CC(=O)N1C[C@H](C)N(C(=NC)c2cc(Cl)c(-c3ccc(F)cc3F)c3c2N(C=O)CC2(COC2)CO3)C[C@H]1C. The van der Waals surface area contributed by atoms with Crippen molar-refractivity contribution in [3.63, 3.8) is 0 Å². The predicted octanol–water partition coefficient (Wildman–Crippen LogP) is 4.94. The smallest absolute Gasteiger partial charge is 0.246 e. The third-order valence-electron chi connectivity index (χ3n) is 7.84. The number of amides is 2. The highest BCUT2D eigenvalue weighted by molar-refractivity contribution is 6.35. The lowest BCUT2D eigenvalue weighted by Gasteiger charge is -2.45. The standard InChI is InChI=1S/C29H31ClF2N4O4.C2H4/c1-5-24(38)35-10-18(3)36(11-17(35)2)28(33-4)21-9-22(30)25(20-7-6-19(31)8-23(20)32)27-26(21)34(16-37)12-29(15-40-27)13-39-14-29;1-2/h5-9,16-18H,1,10-15H2,2-4H3;1-2H2/t17-,18+;/m1./s1. The lowest BCUT2D eigenvalue weighted by Crippen LogP contribution is -2.59. The quantitative estimate of drug-likeness (QED) is 0.163. The number of ether oxygens (including phenoxy) is 2. The van der Waals surface area contributed by atoms with Gasteiger partial charge in [0.05, 0.1) is 29.3 Å². The van der Waals surface area contributed by atoms with Gasteiger partial charge in [-0.2, -0.15) is 0 Å². The molecule has 3 aliphatic heterocycles. The number of hydrogen-bond donors (Lipinski definition) is 0. The fourth-order valence-corrected chi connectivity index (χ4v) is 6.07. The number of nitrogens with zero attached hydrogens (tertiary/aromatic N) is 4. The summed E-state index contributed by atoms with van der Waals surface area (Å²) in [4.78, 5) is 35.0. The topological polar surface area (TPSA) is 74.7 Å². The monoisotopic (exact) mass is 600 g/mol. The van der Waals surface area contributed by atoms with E-state index in [2.05, 4.69) is 29.6 Å². The van der Waals surface area contributed by atoms with Crippen molar-refractivity contribution in [2.45, 2.75) is 25.9 Å². The third kappa shape index (κ3) is 5.53. The van der Waals surface area contributed by atoms with Crippen molar-refractivity contribution in [3.8, 4) is 16.9 Å². The molecule has 224 valence electrons. The molecule has 11 heteroatoms. The Balaban J connectivity index is 0.00000198. The van der Waals surface area contributed by atoms with Crippen molar-refractivity contribution in [1.29, 1.82) is 0 Å². The highest BCUT2D eigenvalue weighted by Gasteiger charge is 2.46. The number of piperazine rings is 1. The Labute approximate surface area is 249 Å². The molecule has 2 saturated heterocycles. The van der Waals surface area contributed by atoms with Crippen LogP contribution in [0.4, 0.5) is 14.5 Å². The van der Waals surface area contributed by atoms with Crippen LogP contribution >= 0.6 is 11.6 Å². The average Bonchev–Trinajstić information content (AvgIpc) is 3.14. The molecule has 8 nitrogen and oxygen atoms in total. The summed E-state index contributed by atoms with van der Waals surface area (Å²) in [5.74, 6) is -0.917. The van der Waals surface area contributed by atoms with E-state index < -0.39 is 17.0 Å². The number of aliphatic imine (C=N–C) groups is 1. The predicted molar refractivity (Wildman–Crippen MR) is 160 cm³/mol. The number of rotatable bonds is 4. The van der Waals surface area contributed by atoms with Crippen LogP contribution in [0.25, 0.3) is 11.1 Å². The van der Waals surface area contributed by atoms with E-state index in [9.17, 15) is 14.0 Å². The number of anilines is 1. The number of carbonyl (C=O) groups is 2. The molecule has 5 rings (SSSR count). The first kappa shape index (κ1) is 31.2. The average molecular weight is 601 g/mol. The fraction of sp³-hybridized carbons (Fsp3) is 0.387.